The van der Waals surface area contributed by atoms with Gasteiger partial charge in [-0.05, 0) is 80.8 Å². The molecule has 0 bridgehead atoms. The average Bonchev–Trinajstić information content (AvgIpc) is 3.71. The molecule has 4 heterocycles. The van der Waals surface area contributed by atoms with E-state index >= 15 is 0 Å². The molecule has 2 fully saturated rings. The van der Waals surface area contributed by atoms with E-state index in [1.165, 1.54) is 13.2 Å². The maximum Gasteiger partial charge on any atom is 0.264 e. The molecule has 0 spiro atoms. The summed E-state index contributed by atoms with van der Waals surface area (Å²) in [7, 11) is -0.397. The van der Waals surface area contributed by atoms with E-state index in [9.17, 15) is 37.5 Å². The topological polar surface area (TPSA) is 222 Å². The Kier molecular flexibility index (Phi) is 14.3. The number of piperazine rings is 1. The molecule has 18 nitrogen and oxygen atoms in total. The number of fused-ring (bicyclic) bond motifs is 2. The number of unbranched alkanes of at least 4 members (excludes halogenated alkanes) is 2. The fourth-order valence-electron chi connectivity index (χ4n) is 8.76. The Bertz CT molecular complexity index is 2540. The van der Waals surface area contributed by atoms with Crippen molar-refractivity contribution in [1.82, 2.24) is 29.8 Å². The molecular weight excluding hydrogens is 845 g/mol. The van der Waals surface area contributed by atoms with Gasteiger partial charge in [0.05, 0.1) is 60.1 Å². The molecular formula is C45H56N8O10S. The summed E-state index contributed by atoms with van der Waals surface area (Å²) in [5.74, 6) is -2.03. The number of nitrogens with zero attached hydrogens (tertiary/aromatic N) is 5. The first-order valence-corrected chi connectivity index (χ1v) is 23.7. The zero-order valence-corrected chi connectivity index (χ0v) is 37.4. The van der Waals surface area contributed by atoms with Crippen LogP contribution in [-0.4, -0.2) is 139 Å². The SMILES string of the molecule is CCOc1cc([C@@H](CS(C)(=O)=O)N2C(=O)c3cccc(NC(=O)CCCCCN4CCN(CC(=O)Nc5ccc6c(C7CCC(=O)NC7O)nn(C)c6c5)CC4)c3C2=O)ccc1OC. The second kappa shape index (κ2) is 19.9. The van der Waals surface area contributed by atoms with Gasteiger partial charge in [-0.25, -0.2) is 8.42 Å². The van der Waals surface area contributed by atoms with E-state index < -0.39 is 39.7 Å². The van der Waals surface area contributed by atoms with Crippen LogP contribution in [0.5, 0.6) is 11.5 Å². The number of methoxy groups -OCH3 is 1. The molecule has 0 aliphatic carbocycles. The Morgan fingerprint density at radius 3 is 2.42 bits per heavy atom. The fourth-order valence-corrected chi connectivity index (χ4v) is 9.67. The number of carbonyl (C=O) groups is 5. The second-order valence-corrected chi connectivity index (χ2v) is 18.8. The molecule has 3 aliphatic heterocycles. The number of sulfone groups is 1. The third-order valence-electron chi connectivity index (χ3n) is 12.0. The Balaban J connectivity index is 0.851. The third kappa shape index (κ3) is 10.5. The van der Waals surface area contributed by atoms with Gasteiger partial charge in [0, 0.05) is 69.3 Å². The van der Waals surface area contributed by atoms with E-state index in [1.807, 2.05) is 25.2 Å². The maximum atomic E-state index is 14.0. The maximum absolute atomic E-state index is 14.0. The Morgan fingerprint density at radius 2 is 1.70 bits per heavy atom. The minimum Gasteiger partial charge on any atom is -0.493 e. The lowest BCUT2D eigenvalue weighted by Crippen LogP contribution is -2.48. The highest BCUT2D eigenvalue weighted by Crippen LogP contribution is 2.39. The van der Waals surface area contributed by atoms with Crippen LogP contribution in [0.15, 0.2) is 54.6 Å². The van der Waals surface area contributed by atoms with Crippen LogP contribution < -0.4 is 25.4 Å². The Morgan fingerprint density at radius 1 is 0.938 bits per heavy atom. The van der Waals surface area contributed by atoms with E-state index in [0.717, 1.165) is 67.6 Å². The molecule has 0 saturated carbocycles. The molecule has 4 aromatic rings. The standard InChI is InChI=1S/C45H56N8O10S/c1-5-63-37-24-28(13-17-36(37)62-3)35(27-64(4,60)61)53-44(58)31-10-9-11-33(41(31)45(53)59)47-38(54)12-7-6-8-19-51-20-22-52(23-21-51)26-40(56)46-29-14-15-30-34(25-29)50(2)49-42(30)32-16-18-39(55)48-43(32)57/h9-11,13-15,17,24-25,32,35,43,57H,5-8,12,16,18-23,26-27H2,1-4H3,(H,46,56)(H,47,54)(H,48,55)/t32?,35-,43?/m1/s1. The molecule has 64 heavy (non-hydrogen) atoms. The van der Waals surface area contributed by atoms with Crippen LogP contribution in [0.1, 0.15) is 89.4 Å². The van der Waals surface area contributed by atoms with Crippen molar-refractivity contribution in [2.45, 2.75) is 63.6 Å². The summed E-state index contributed by atoms with van der Waals surface area (Å²) >= 11 is 0. The lowest BCUT2D eigenvalue weighted by atomic mass is 9.92. The van der Waals surface area contributed by atoms with Crippen molar-refractivity contribution in [2.24, 2.45) is 7.05 Å². The summed E-state index contributed by atoms with van der Waals surface area (Å²) in [5, 5.41) is 24.4. The highest BCUT2D eigenvalue weighted by molar-refractivity contribution is 7.90. The van der Waals surface area contributed by atoms with E-state index in [4.69, 9.17) is 9.47 Å². The average molecular weight is 901 g/mol. The van der Waals surface area contributed by atoms with E-state index in [0.29, 0.717) is 54.3 Å². The molecule has 5 amide bonds. The fraction of sp³-hybridized carbons (Fsp3) is 0.467. The van der Waals surface area contributed by atoms with Gasteiger partial charge in [-0.3, -0.25) is 38.5 Å². The predicted octanol–water partition coefficient (Wildman–Crippen LogP) is 3.43. The van der Waals surface area contributed by atoms with Gasteiger partial charge in [0.25, 0.3) is 11.8 Å². The number of rotatable bonds is 18. The molecule has 2 unspecified atom stereocenters. The zero-order valence-electron chi connectivity index (χ0n) is 36.6. The van der Waals surface area contributed by atoms with Gasteiger partial charge in [-0.15, -0.1) is 0 Å². The van der Waals surface area contributed by atoms with E-state index in [1.54, 1.807) is 41.9 Å². The number of imide groups is 1. The van der Waals surface area contributed by atoms with Crippen molar-refractivity contribution in [2.75, 3.05) is 75.6 Å². The van der Waals surface area contributed by atoms with Crippen molar-refractivity contribution in [3.05, 3.63) is 77.0 Å². The Labute approximate surface area is 372 Å². The number of anilines is 2. The summed E-state index contributed by atoms with van der Waals surface area (Å²) in [6.07, 6.45) is 3.37. The molecule has 342 valence electrons. The molecule has 3 aromatic carbocycles. The molecule has 3 aliphatic rings. The van der Waals surface area contributed by atoms with Crippen LogP contribution in [0.4, 0.5) is 11.4 Å². The van der Waals surface area contributed by atoms with E-state index in [-0.39, 0.29) is 53.4 Å². The monoisotopic (exact) mass is 900 g/mol. The molecule has 19 heteroatoms. The minimum absolute atomic E-state index is 0.0189. The number of hydrogen-bond donors (Lipinski definition) is 4. The number of aromatic nitrogens is 2. The quantitative estimate of drug-likeness (QED) is 0.0832. The molecule has 4 N–H and O–H groups in total. The number of ether oxygens (including phenoxy) is 2. The summed E-state index contributed by atoms with van der Waals surface area (Å²) in [6.45, 7) is 6.31. The molecule has 3 atom stereocenters. The third-order valence-corrected chi connectivity index (χ3v) is 12.9. The van der Waals surface area contributed by atoms with Gasteiger partial charge in [-0.2, -0.15) is 5.10 Å². The lowest BCUT2D eigenvalue weighted by molar-refractivity contribution is -0.127. The number of hydrogen-bond acceptors (Lipinski definition) is 13. The molecule has 0 radical (unpaired) electrons. The zero-order chi connectivity index (χ0) is 45.7. The molecule has 2 saturated heterocycles. The minimum atomic E-state index is -3.68. The highest BCUT2D eigenvalue weighted by Gasteiger charge is 2.43. The number of aliphatic hydroxyl groups excluding tert-OH is 1. The number of carbonyl (C=O) groups excluding carboxylic acids is 5. The van der Waals surface area contributed by atoms with Crippen molar-refractivity contribution in [1.29, 1.82) is 0 Å². The van der Waals surface area contributed by atoms with Gasteiger partial charge in [0.1, 0.15) is 16.1 Å². The Hall–Kier alpha value is -5.89. The molecule has 1 aromatic heterocycles. The predicted molar refractivity (Wildman–Crippen MR) is 239 cm³/mol. The first-order valence-electron chi connectivity index (χ1n) is 21.6. The largest absolute Gasteiger partial charge is 0.493 e. The van der Waals surface area contributed by atoms with Crippen LogP contribution in [0, 0.1) is 0 Å². The van der Waals surface area contributed by atoms with Crippen molar-refractivity contribution >= 4 is 61.7 Å². The number of amides is 5. The van der Waals surface area contributed by atoms with Gasteiger partial charge >= 0.3 is 0 Å². The van der Waals surface area contributed by atoms with Gasteiger partial charge in [0.2, 0.25) is 17.7 Å². The normalized spacial score (nSPS) is 18.8. The van der Waals surface area contributed by atoms with Crippen molar-refractivity contribution in [3.8, 4) is 11.5 Å². The second-order valence-electron chi connectivity index (χ2n) is 16.6. The van der Waals surface area contributed by atoms with Crippen LogP contribution >= 0.6 is 0 Å². The lowest BCUT2D eigenvalue weighted by Gasteiger charge is -2.34. The first-order chi connectivity index (χ1) is 30.6. The summed E-state index contributed by atoms with van der Waals surface area (Å²) in [6, 6.07) is 13.8. The summed E-state index contributed by atoms with van der Waals surface area (Å²) in [4.78, 5) is 71.1. The summed E-state index contributed by atoms with van der Waals surface area (Å²) in [5.41, 5.74) is 2.85. The van der Waals surface area contributed by atoms with Crippen LogP contribution in [0.3, 0.4) is 0 Å². The van der Waals surface area contributed by atoms with Crippen LogP contribution in [-0.2, 0) is 31.3 Å². The highest BCUT2D eigenvalue weighted by atomic mass is 32.2. The smallest absolute Gasteiger partial charge is 0.264 e. The van der Waals surface area contributed by atoms with Crippen LogP contribution in [0.2, 0.25) is 0 Å². The first kappa shape index (κ1) is 46.1. The number of piperidine rings is 1. The van der Waals surface area contributed by atoms with E-state index in [2.05, 4.69) is 30.8 Å². The van der Waals surface area contributed by atoms with Crippen molar-refractivity contribution in [3.63, 3.8) is 0 Å². The molecule has 7 rings (SSSR count). The number of aliphatic hydroxyl groups is 1. The summed E-state index contributed by atoms with van der Waals surface area (Å²) < 4.78 is 38.0. The van der Waals surface area contributed by atoms with Crippen molar-refractivity contribution < 1.29 is 47.0 Å². The van der Waals surface area contributed by atoms with Crippen LogP contribution in [0.25, 0.3) is 10.9 Å². The number of aryl methyl sites for hydroxylation is 1. The van der Waals surface area contributed by atoms with Gasteiger partial charge < -0.3 is 35.4 Å². The van der Waals surface area contributed by atoms with Gasteiger partial charge in [0.15, 0.2) is 11.5 Å². The number of benzene rings is 3. The van der Waals surface area contributed by atoms with Gasteiger partial charge in [-0.1, -0.05) is 18.6 Å². The number of nitrogens with one attached hydrogen (secondary N) is 3.